The highest BCUT2D eigenvalue weighted by atomic mass is 19.1. The number of nitrogens with zero attached hydrogens (tertiary/aromatic N) is 1. The number of amides is 2. The number of rotatable bonds is 6. The first-order chi connectivity index (χ1) is 16.4. The van der Waals surface area contributed by atoms with Crippen LogP contribution in [-0.2, 0) is 6.42 Å². The maximum Gasteiger partial charge on any atom is 0.291 e. The van der Waals surface area contributed by atoms with Crippen molar-refractivity contribution in [3.8, 4) is 11.5 Å². The van der Waals surface area contributed by atoms with Gasteiger partial charge in [-0.2, -0.15) is 5.10 Å². The van der Waals surface area contributed by atoms with Crippen LogP contribution in [0, 0.1) is 12.7 Å². The Labute approximate surface area is 195 Å². The van der Waals surface area contributed by atoms with Gasteiger partial charge in [-0.05, 0) is 56.2 Å². The van der Waals surface area contributed by atoms with Gasteiger partial charge in [0.1, 0.15) is 23.1 Å². The van der Waals surface area contributed by atoms with Crippen LogP contribution >= 0.6 is 0 Å². The first-order valence-electron chi connectivity index (χ1n) is 10.7. The molecule has 4 rings (SSSR count). The maximum atomic E-state index is 13.1. The topological polar surface area (TPSA) is 102 Å². The summed E-state index contributed by atoms with van der Waals surface area (Å²) >= 11 is 0. The predicted molar refractivity (Wildman–Crippen MR) is 124 cm³/mol. The van der Waals surface area contributed by atoms with Crippen molar-refractivity contribution in [3.05, 3.63) is 76.5 Å². The molecule has 34 heavy (non-hydrogen) atoms. The second-order valence-electron chi connectivity index (χ2n) is 7.73. The summed E-state index contributed by atoms with van der Waals surface area (Å²) in [6.07, 6.45) is 2.03. The number of halogens is 1. The van der Waals surface area contributed by atoms with E-state index in [1.54, 1.807) is 32.2 Å². The third kappa shape index (κ3) is 4.63. The van der Waals surface area contributed by atoms with Crippen LogP contribution < -0.4 is 20.2 Å². The molecule has 0 bridgehead atoms. The molecule has 1 aliphatic rings. The highest BCUT2D eigenvalue weighted by Gasteiger charge is 2.28. The summed E-state index contributed by atoms with van der Waals surface area (Å²) in [5, 5.41) is 7.10. The normalized spacial score (nSPS) is 13.8. The highest BCUT2D eigenvalue weighted by Crippen LogP contribution is 2.32. The van der Waals surface area contributed by atoms with Gasteiger partial charge in [-0.15, -0.1) is 0 Å². The molecule has 0 aliphatic heterocycles. The van der Waals surface area contributed by atoms with Gasteiger partial charge in [0.25, 0.3) is 11.8 Å². The van der Waals surface area contributed by atoms with E-state index in [1.807, 2.05) is 0 Å². The van der Waals surface area contributed by atoms with Crippen LogP contribution in [0.5, 0.6) is 11.5 Å². The molecule has 2 aromatic carbocycles. The summed E-state index contributed by atoms with van der Waals surface area (Å²) in [5.41, 5.74) is 5.26. The van der Waals surface area contributed by atoms with Gasteiger partial charge in [0.15, 0.2) is 5.76 Å². The molecule has 0 saturated heterocycles. The first-order valence-corrected chi connectivity index (χ1v) is 10.7. The fraction of sp³-hybridized carbons (Fsp3) is 0.240. The summed E-state index contributed by atoms with van der Waals surface area (Å²) < 4.78 is 29.5. The monoisotopic (exact) mass is 465 g/mol. The number of hydrogen-bond donors (Lipinski definition) is 2. The minimum Gasteiger partial charge on any atom is -0.497 e. The number of carbonyl (C=O) groups is 2. The Morgan fingerprint density at radius 2 is 1.79 bits per heavy atom. The van der Waals surface area contributed by atoms with Gasteiger partial charge in [0.05, 0.1) is 25.6 Å². The van der Waals surface area contributed by atoms with Crippen LogP contribution in [0.3, 0.4) is 0 Å². The molecule has 0 saturated carbocycles. The quantitative estimate of drug-likeness (QED) is 0.523. The van der Waals surface area contributed by atoms with E-state index in [-0.39, 0.29) is 5.76 Å². The van der Waals surface area contributed by atoms with Crippen molar-refractivity contribution in [1.29, 1.82) is 0 Å². The molecule has 0 radical (unpaired) electrons. The number of hydrazone groups is 1. The molecule has 0 fully saturated rings. The molecule has 1 aromatic heterocycles. The molecule has 0 atom stereocenters. The van der Waals surface area contributed by atoms with Crippen molar-refractivity contribution in [3.63, 3.8) is 0 Å². The van der Waals surface area contributed by atoms with Crippen molar-refractivity contribution >= 4 is 23.2 Å². The zero-order chi connectivity index (χ0) is 24.2. The number of ether oxygens (including phenoxy) is 2. The van der Waals surface area contributed by atoms with Gasteiger partial charge in [0, 0.05) is 29.2 Å². The van der Waals surface area contributed by atoms with Gasteiger partial charge in [-0.3, -0.25) is 9.59 Å². The van der Waals surface area contributed by atoms with Crippen molar-refractivity contribution in [2.75, 3.05) is 19.5 Å². The van der Waals surface area contributed by atoms with E-state index in [1.165, 1.54) is 31.4 Å². The van der Waals surface area contributed by atoms with Crippen LogP contribution in [-0.4, -0.2) is 31.7 Å². The average Bonchev–Trinajstić information content (AvgIpc) is 3.20. The lowest BCUT2D eigenvalue weighted by Gasteiger charge is -2.13. The fourth-order valence-corrected chi connectivity index (χ4v) is 3.86. The van der Waals surface area contributed by atoms with E-state index in [4.69, 9.17) is 13.9 Å². The number of nitrogens with one attached hydrogen (secondary N) is 2. The summed E-state index contributed by atoms with van der Waals surface area (Å²) in [4.78, 5) is 25.4. The van der Waals surface area contributed by atoms with E-state index >= 15 is 0 Å². The van der Waals surface area contributed by atoms with E-state index < -0.39 is 17.6 Å². The van der Waals surface area contributed by atoms with E-state index in [2.05, 4.69) is 15.8 Å². The van der Waals surface area contributed by atoms with E-state index in [0.29, 0.717) is 52.6 Å². The molecule has 9 heteroatoms. The second kappa shape index (κ2) is 9.78. The van der Waals surface area contributed by atoms with Gasteiger partial charge >= 0.3 is 0 Å². The Bertz CT molecular complexity index is 1260. The Balaban J connectivity index is 1.56. The summed E-state index contributed by atoms with van der Waals surface area (Å²) in [6, 6.07) is 10.3. The Kier molecular flexibility index (Phi) is 6.62. The smallest absolute Gasteiger partial charge is 0.291 e. The number of anilines is 1. The Morgan fingerprint density at radius 3 is 2.50 bits per heavy atom. The third-order valence-electron chi connectivity index (χ3n) is 5.59. The number of carbonyl (C=O) groups excluding carboxylic acids is 2. The standard InChI is InChI=1S/C25H24FN3O5/c1-14-22-19(28-29-24(30)15-7-9-16(26)10-8-15)5-4-6-20(22)34-23(14)25(31)27-18-12-11-17(32-2)13-21(18)33-3/h7-13H,4-6H2,1-3H3,(H,27,31)(H,29,30)/b28-19+. The van der Waals surface area contributed by atoms with Crippen LogP contribution in [0.4, 0.5) is 10.1 Å². The molecule has 0 unspecified atom stereocenters. The lowest BCUT2D eigenvalue weighted by molar-refractivity contribution is 0.0953. The van der Waals surface area contributed by atoms with Crippen molar-refractivity contribution in [2.45, 2.75) is 26.2 Å². The number of hydrogen-bond acceptors (Lipinski definition) is 6. The zero-order valence-corrected chi connectivity index (χ0v) is 19.0. The number of benzene rings is 2. The molecule has 176 valence electrons. The van der Waals surface area contributed by atoms with Crippen LogP contribution in [0.1, 0.15) is 50.6 Å². The first kappa shape index (κ1) is 23.0. The van der Waals surface area contributed by atoms with E-state index in [0.717, 1.165) is 12.0 Å². The zero-order valence-electron chi connectivity index (χ0n) is 19.0. The Morgan fingerprint density at radius 1 is 1.03 bits per heavy atom. The fourth-order valence-electron chi connectivity index (χ4n) is 3.86. The minimum atomic E-state index is -0.453. The number of aryl methyl sites for hydroxylation is 1. The summed E-state index contributed by atoms with van der Waals surface area (Å²) in [6.45, 7) is 1.78. The van der Waals surface area contributed by atoms with Crippen molar-refractivity contribution in [1.82, 2.24) is 5.43 Å². The van der Waals surface area contributed by atoms with Gasteiger partial charge in [-0.1, -0.05) is 0 Å². The highest BCUT2D eigenvalue weighted by molar-refractivity contribution is 6.10. The third-order valence-corrected chi connectivity index (χ3v) is 5.59. The van der Waals surface area contributed by atoms with Crippen molar-refractivity contribution < 1.29 is 27.9 Å². The Hall–Kier alpha value is -4.14. The molecule has 1 heterocycles. The SMILES string of the molecule is COc1ccc(NC(=O)c2oc3c(c2C)/C(=N/NC(=O)c2ccc(F)cc2)CCC3)c(OC)c1. The van der Waals surface area contributed by atoms with Gasteiger partial charge in [-0.25, -0.2) is 9.82 Å². The average molecular weight is 465 g/mol. The lowest BCUT2D eigenvalue weighted by Crippen LogP contribution is -2.22. The molecule has 3 aromatic rings. The summed E-state index contributed by atoms with van der Waals surface area (Å²) in [7, 11) is 3.05. The minimum absolute atomic E-state index is 0.169. The van der Waals surface area contributed by atoms with Gasteiger partial charge in [0.2, 0.25) is 0 Å². The second-order valence-corrected chi connectivity index (χ2v) is 7.73. The molecular weight excluding hydrogens is 441 g/mol. The molecule has 2 amide bonds. The summed E-state index contributed by atoms with van der Waals surface area (Å²) in [5.74, 6) is 0.561. The van der Waals surface area contributed by atoms with Crippen LogP contribution in [0.2, 0.25) is 0 Å². The largest absolute Gasteiger partial charge is 0.497 e. The van der Waals surface area contributed by atoms with E-state index in [9.17, 15) is 14.0 Å². The number of furan rings is 1. The van der Waals surface area contributed by atoms with Crippen molar-refractivity contribution in [2.24, 2.45) is 5.10 Å². The molecular formula is C25H24FN3O5. The molecule has 0 spiro atoms. The lowest BCUT2D eigenvalue weighted by atomic mass is 9.93. The van der Waals surface area contributed by atoms with Gasteiger partial charge < -0.3 is 19.2 Å². The number of fused-ring (bicyclic) bond motifs is 1. The number of methoxy groups -OCH3 is 2. The molecule has 8 nitrogen and oxygen atoms in total. The van der Waals surface area contributed by atoms with Crippen LogP contribution in [0.15, 0.2) is 52.0 Å². The van der Waals surface area contributed by atoms with Crippen LogP contribution in [0.25, 0.3) is 0 Å². The maximum absolute atomic E-state index is 13.1. The molecule has 2 N–H and O–H groups in total. The predicted octanol–water partition coefficient (Wildman–Crippen LogP) is 4.47. The molecule has 1 aliphatic carbocycles.